The molecule has 0 unspecified atom stereocenters. The van der Waals surface area contributed by atoms with Gasteiger partial charge < -0.3 is 14.8 Å². The number of hydrogen-bond acceptors (Lipinski definition) is 5. The first-order chi connectivity index (χ1) is 10.9. The third-order valence-corrected chi connectivity index (χ3v) is 3.05. The monoisotopic (exact) mass is 321 g/mol. The van der Waals surface area contributed by atoms with Gasteiger partial charge in [0.1, 0.15) is 11.6 Å². The number of hydrogen-bond donors (Lipinski definition) is 1. The number of rotatable bonds is 5. The molecule has 1 aromatic carbocycles. The summed E-state index contributed by atoms with van der Waals surface area (Å²) in [5.74, 6) is -1.12. The third kappa shape index (κ3) is 3.85. The predicted molar refractivity (Wildman–Crippen MR) is 79.8 cm³/mol. The van der Waals surface area contributed by atoms with Crippen molar-refractivity contribution in [2.24, 2.45) is 7.05 Å². The van der Waals surface area contributed by atoms with Gasteiger partial charge in [0.25, 0.3) is 5.91 Å². The highest BCUT2D eigenvalue weighted by atomic mass is 19.1. The zero-order valence-electron chi connectivity index (χ0n) is 12.9. The van der Waals surface area contributed by atoms with Crippen molar-refractivity contribution in [1.82, 2.24) is 9.78 Å². The van der Waals surface area contributed by atoms with Gasteiger partial charge in [0.15, 0.2) is 12.3 Å². The number of aryl methyl sites for hydroxylation is 2. The maximum Gasteiger partial charge on any atom is 0.358 e. The van der Waals surface area contributed by atoms with E-state index in [1.165, 1.54) is 36.1 Å². The van der Waals surface area contributed by atoms with E-state index in [1.807, 2.05) is 0 Å². The normalized spacial score (nSPS) is 10.3. The van der Waals surface area contributed by atoms with Crippen LogP contribution in [0.15, 0.2) is 24.3 Å². The minimum atomic E-state index is -0.608. The highest BCUT2D eigenvalue weighted by Gasteiger charge is 2.22. The van der Waals surface area contributed by atoms with E-state index in [1.54, 1.807) is 14.0 Å². The van der Waals surface area contributed by atoms with Gasteiger partial charge in [-0.2, -0.15) is 5.10 Å². The van der Waals surface area contributed by atoms with Gasteiger partial charge in [0.2, 0.25) is 0 Å². The van der Waals surface area contributed by atoms with Crippen molar-refractivity contribution >= 4 is 17.6 Å². The molecule has 0 aliphatic carbocycles. The highest BCUT2D eigenvalue weighted by molar-refractivity contribution is 6.01. The standard InChI is InChI=1S/C15H16FN3O4/c1-9-13(14(15(21)22-3)19(2)18-9)17-12(20)8-23-11-6-4-10(16)5-7-11/h4-7H,8H2,1-3H3,(H,17,20). The fourth-order valence-electron chi connectivity index (χ4n) is 1.99. The number of halogens is 1. The molecule has 0 spiro atoms. The summed E-state index contributed by atoms with van der Waals surface area (Å²) in [7, 11) is 2.82. The smallest absolute Gasteiger partial charge is 0.358 e. The Balaban J connectivity index is 2.05. The van der Waals surface area contributed by atoms with E-state index >= 15 is 0 Å². The van der Waals surface area contributed by atoms with Crippen molar-refractivity contribution in [3.05, 3.63) is 41.5 Å². The van der Waals surface area contributed by atoms with Crippen LogP contribution in [0.25, 0.3) is 0 Å². The van der Waals surface area contributed by atoms with Gasteiger partial charge >= 0.3 is 5.97 Å². The van der Waals surface area contributed by atoms with Gasteiger partial charge in [-0.15, -0.1) is 0 Å². The number of esters is 1. The van der Waals surface area contributed by atoms with Crippen LogP contribution in [0, 0.1) is 12.7 Å². The Morgan fingerprint density at radius 3 is 2.57 bits per heavy atom. The Hall–Kier alpha value is -2.90. The van der Waals surface area contributed by atoms with Crippen molar-refractivity contribution in [3.8, 4) is 5.75 Å². The molecule has 2 aromatic rings. The molecule has 1 aromatic heterocycles. The molecule has 1 amide bonds. The quantitative estimate of drug-likeness (QED) is 0.847. The maximum absolute atomic E-state index is 12.8. The molecule has 23 heavy (non-hydrogen) atoms. The van der Waals surface area contributed by atoms with Crippen LogP contribution < -0.4 is 10.1 Å². The second-order valence-corrected chi connectivity index (χ2v) is 4.71. The summed E-state index contributed by atoms with van der Waals surface area (Å²) in [6.45, 7) is 1.36. The van der Waals surface area contributed by atoms with Crippen molar-refractivity contribution in [2.75, 3.05) is 19.0 Å². The summed E-state index contributed by atoms with van der Waals surface area (Å²) in [6, 6.07) is 5.29. The molecule has 0 saturated heterocycles. The average Bonchev–Trinajstić information content (AvgIpc) is 2.80. The molecule has 7 nitrogen and oxygen atoms in total. The molecule has 122 valence electrons. The summed E-state index contributed by atoms with van der Waals surface area (Å²) < 4.78 is 24.0. The molecular weight excluding hydrogens is 305 g/mol. The molecular formula is C15H16FN3O4. The Morgan fingerprint density at radius 1 is 1.30 bits per heavy atom. The number of carbonyl (C=O) groups excluding carboxylic acids is 2. The number of nitrogens with zero attached hydrogens (tertiary/aromatic N) is 2. The zero-order chi connectivity index (χ0) is 17.0. The number of anilines is 1. The number of ether oxygens (including phenoxy) is 2. The molecule has 1 heterocycles. The van der Waals surface area contributed by atoms with Gasteiger partial charge in [-0.1, -0.05) is 0 Å². The van der Waals surface area contributed by atoms with Crippen molar-refractivity contribution in [1.29, 1.82) is 0 Å². The fraction of sp³-hybridized carbons (Fsp3) is 0.267. The van der Waals surface area contributed by atoms with Crippen LogP contribution >= 0.6 is 0 Å². The first-order valence-electron chi connectivity index (χ1n) is 6.72. The molecule has 0 aliphatic rings. The van der Waals surface area contributed by atoms with Crippen LogP contribution in [0.3, 0.4) is 0 Å². The number of aromatic nitrogens is 2. The Bertz CT molecular complexity index is 725. The molecule has 0 saturated carbocycles. The molecule has 0 aliphatic heterocycles. The number of nitrogens with one attached hydrogen (secondary N) is 1. The summed E-state index contributed by atoms with van der Waals surface area (Å²) in [4.78, 5) is 23.7. The van der Waals surface area contributed by atoms with Crippen LogP contribution in [0.4, 0.5) is 10.1 Å². The SMILES string of the molecule is COC(=O)c1c(NC(=O)COc2ccc(F)cc2)c(C)nn1C. The number of carbonyl (C=O) groups is 2. The fourth-order valence-corrected chi connectivity index (χ4v) is 1.99. The van der Waals surface area contributed by atoms with E-state index in [2.05, 4.69) is 15.2 Å². The second kappa shape index (κ2) is 6.91. The van der Waals surface area contributed by atoms with E-state index in [0.29, 0.717) is 11.4 Å². The molecule has 1 N–H and O–H groups in total. The molecule has 0 bridgehead atoms. The van der Waals surface area contributed by atoms with Crippen LogP contribution in [0.5, 0.6) is 5.75 Å². The lowest BCUT2D eigenvalue weighted by Gasteiger charge is -2.08. The van der Waals surface area contributed by atoms with Crippen molar-refractivity contribution in [2.45, 2.75) is 6.92 Å². The topological polar surface area (TPSA) is 82.4 Å². The largest absolute Gasteiger partial charge is 0.484 e. The van der Waals surface area contributed by atoms with E-state index < -0.39 is 17.7 Å². The minimum absolute atomic E-state index is 0.139. The van der Waals surface area contributed by atoms with Gasteiger partial charge in [0.05, 0.1) is 18.5 Å². The lowest BCUT2D eigenvalue weighted by atomic mass is 10.3. The maximum atomic E-state index is 12.8. The molecule has 0 atom stereocenters. The van der Waals surface area contributed by atoms with E-state index in [0.717, 1.165) is 0 Å². The number of methoxy groups -OCH3 is 1. The van der Waals surface area contributed by atoms with Crippen LogP contribution in [-0.4, -0.2) is 35.4 Å². The van der Waals surface area contributed by atoms with Gasteiger partial charge in [-0.3, -0.25) is 9.48 Å². The third-order valence-electron chi connectivity index (χ3n) is 3.05. The van der Waals surface area contributed by atoms with Gasteiger partial charge in [-0.05, 0) is 31.2 Å². The summed E-state index contributed by atoms with van der Waals surface area (Å²) in [6.07, 6.45) is 0. The Morgan fingerprint density at radius 2 is 1.96 bits per heavy atom. The van der Waals surface area contributed by atoms with E-state index in [4.69, 9.17) is 4.74 Å². The number of amides is 1. The summed E-state index contributed by atoms with van der Waals surface area (Å²) >= 11 is 0. The predicted octanol–water partition coefficient (Wildman–Crippen LogP) is 1.67. The van der Waals surface area contributed by atoms with Crippen LogP contribution in [0.2, 0.25) is 0 Å². The second-order valence-electron chi connectivity index (χ2n) is 4.71. The van der Waals surface area contributed by atoms with Crippen molar-refractivity contribution < 1.29 is 23.5 Å². The molecule has 8 heteroatoms. The summed E-state index contributed by atoms with van der Waals surface area (Å²) in [5.41, 5.74) is 0.884. The zero-order valence-corrected chi connectivity index (χ0v) is 12.9. The Kier molecular flexibility index (Phi) is 4.95. The summed E-state index contributed by atoms with van der Waals surface area (Å²) in [5, 5.41) is 6.65. The Labute approximate surface area is 132 Å². The van der Waals surface area contributed by atoms with Gasteiger partial charge in [0, 0.05) is 7.05 Å². The molecule has 0 fully saturated rings. The highest BCUT2D eigenvalue weighted by Crippen LogP contribution is 2.20. The van der Waals surface area contributed by atoms with E-state index in [-0.39, 0.29) is 18.0 Å². The van der Waals surface area contributed by atoms with Crippen LogP contribution in [0.1, 0.15) is 16.2 Å². The molecule has 0 radical (unpaired) electrons. The van der Waals surface area contributed by atoms with Gasteiger partial charge in [-0.25, -0.2) is 9.18 Å². The first-order valence-corrected chi connectivity index (χ1v) is 6.72. The van der Waals surface area contributed by atoms with Crippen LogP contribution in [-0.2, 0) is 16.6 Å². The van der Waals surface area contributed by atoms with E-state index in [9.17, 15) is 14.0 Å². The lowest BCUT2D eigenvalue weighted by molar-refractivity contribution is -0.118. The average molecular weight is 321 g/mol. The number of benzene rings is 1. The molecule has 2 rings (SSSR count). The lowest BCUT2D eigenvalue weighted by Crippen LogP contribution is -2.22. The minimum Gasteiger partial charge on any atom is -0.484 e. The first kappa shape index (κ1) is 16.5. The van der Waals surface area contributed by atoms with Crippen molar-refractivity contribution in [3.63, 3.8) is 0 Å².